The number of carbonyl (C=O) groups is 1. The molecule has 8 nitrogen and oxygen atoms in total. The normalized spacial score (nSPS) is 12.7. The molecule has 0 atom stereocenters. The van der Waals surface area contributed by atoms with E-state index in [0.717, 1.165) is 4.70 Å². The summed E-state index contributed by atoms with van der Waals surface area (Å²) in [6, 6.07) is 9.78. The topological polar surface area (TPSA) is 104 Å². The van der Waals surface area contributed by atoms with Crippen LogP contribution >= 0.6 is 23.1 Å². The van der Waals surface area contributed by atoms with Gasteiger partial charge in [0, 0.05) is 23.9 Å². The summed E-state index contributed by atoms with van der Waals surface area (Å²) in [5.74, 6) is 1.27. The Hall–Kier alpha value is -2.85. The standard InChI is InChI=1S/C17H13N3O5S2/c21-16(18-10-1-4-13-14(7-10)25-6-5-24-13)9-26-17-19-12-3-2-11(20(22)23)8-15(12)27-17/h1-4,7-8H,5-6,9H2,(H,18,21). The first-order valence-corrected chi connectivity index (χ1v) is 9.76. The second-order valence-corrected chi connectivity index (χ2v) is 7.84. The van der Waals surface area contributed by atoms with Crippen LogP contribution in [-0.4, -0.2) is 34.8 Å². The van der Waals surface area contributed by atoms with Crippen LogP contribution in [0.2, 0.25) is 0 Å². The van der Waals surface area contributed by atoms with Crippen molar-refractivity contribution >= 4 is 50.6 Å². The van der Waals surface area contributed by atoms with E-state index in [-0.39, 0.29) is 17.3 Å². The predicted octanol–water partition coefficient (Wildman–Crippen LogP) is 3.71. The summed E-state index contributed by atoms with van der Waals surface area (Å²) in [4.78, 5) is 27.0. The van der Waals surface area contributed by atoms with Crippen LogP contribution in [0.15, 0.2) is 40.7 Å². The monoisotopic (exact) mass is 403 g/mol. The third kappa shape index (κ3) is 3.96. The second kappa shape index (κ2) is 7.41. The molecule has 138 valence electrons. The molecule has 27 heavy (non-hydrogen) atoms. The Morgan fingerprint density at radius 3 is 2.85 bits per heavy atom. The van der Waals surface area contributed by atoms with Crippen LogP contribution in [0.4, 0.5) is 11.4 Å². The molecule has 1 N–H and O–H groups in total. The lowest BCUT2D eigenvalue weighted by Gasteiger charge is -2.18. The van der Waals surface area contributed by atoms with Gasteiger partial charge in [-0.3, -0.25) is 14.9 Å². The van der Waals surface area contributed by atoms with E-state index in [9.17, 15) is 14.9 Å². The molecule has 0 saturated heterocycles. The average Bonchev–Trinajstić information content (AvgIpc) is 3.08. The highest BCUT2D eigenvalue weighted by atomic mass is 32.2. The second-order valence-electron chi connectivity index (χ2n) is 5.58. The van der Waals surface area contributed by atoms with Crippen LogP contribution in [0, 0.1) is 10.1 Å². The number of nitro groups is 1. The van der Waals surface area contributed by atoms with Gasteiger partial charge in [0.2, 0.25) is 5.91 Å². The maximum absolute atomic E-state index is 12.2. The molecule has 4 rings (SSSR count). The van der Waals surface area contributed by atoms with Crippen molar-refractivity contribution in [1.29, 1.82) is 0 Å². The first-order chi connectivity index (χ1) is 13.1. The van der Waals surface area contributed by atoms with Gasteiger partial charge in [0.25, 0.3) is 5.69 Å². The minimum atomic E-state index is -0.438. The lowest BCUT2D eigenvalue weighted by molar-refractivity contribution is -0.384. The number of hydrogen-bond acceptors (Lipinski definition) is 8. The number of fused-ring (bicyclic) bond motifs is 2. The first-order valence-electron chi connectivity index (χ1n) is 7.96. The SMILES string of the molecule is O=C(CSc1nc2ccc([N+](=O)[O-])cc2s1)Nc1ccc2c(c1)OCCO2. The number of aromatic nitrogens is 1. The Kier molecular flexibility index (Phi) is 4.82. The van der Waals surface area contributed by atoms with Gasteiger partial charge in [-0.25, -0.2) is 4.98 Å². The Morgan fingerprint density at radius 1 is 1.22 bits per heavy atom. The molecule has 3 aromatic rings. The van der Waals surface area contributed by atoms with E-state index < -0.39 is 4.92 Å². The van der Waals surface area contributed by atoms with Crippen molar-refractivity contribution in [1.82, 2.24) is 4.98 Å². The Morgan fingerprint density at radius 2 is 2.04 bits per heavy atom. The number of benzene rings is 2. The highest BCUT2D eigenvalue weighted by molar-refractivity contribution is 8.01. The van der Waals surface area contributed by atoms with Gasteiger partial charge in [0.05, 0.1) is 20.9 Å². The van der Waals surface area contributed by atoms with Crippen LogP contribution in [0.25, 0.3) is 10.2 Å². The lowest BCUT2D eigenvalue weighted by atomic mass is 10.2. The quantitative estimate of drug-likeness (QED) is 0.393. The van der Waals surface area contributed by atoms with E-state index in [1.807, 2.05) is 0 Å². The fourth-order valence-corrected chi connectivity index (χ4v) is 4.41. The van der Waals surface area contributed by atoms with Crippen molar-refractivity contribution in [2.45, 2.75) is 4.34 Å². The smallest absolute Gasteiger partial charge is 0.270 e. The molecule has 0 saturated carbocycles. The summed E-state index contributed by atoms with van der Waals surface area (Å²) in [5.41, 5.74) is 1.34. The molecule has 0 spiro atoms. The van der Waals surface area contributed by atoms with Crippen LogP contribution in [0.5, 0.6) is 11.5 Å². The van der Waals surface area contributed by atoms with Crippen molar-refractivity contribution in [2.75, 3.05) is 24.3 Å². The predicted molar refractivity (Wildman–Crippen MR) is 103 cm³/mol. The van der Waals surface area contributed by atoms with Gasteiger partial charge in [-0.15, -0.1) is 11.3 Å². The molecule has 0 aliphatic carbocycles. The van der Waals surface area contributed by atoms with Gasteiger partial charge in [-0.2, -0.15) is 0 Å². The maximum Gasteiger partial charge on any atom is 0.270 e. The summed E-state index contributed by atoms with van der Waals surface area (Å²) in [7, 11) is 0. The van der Waals surface area contributed by atoms with Gasteiger partial charge in [0.15, 0.2) is 15.8 Å². The number of rotatable bonds is 5. The van der Waals surface area contributed by atoms with Gasteiger partial charge in [-0.05, 0) is 18.2 Å². The number of nitrogens with zero attached hydrogens (tertiary/aromatic N) is 2. The zero-order valence-corrected chi connectivity index (χ0v) is 15.5. The van der Waals surface area contributed by atoms with Gasteiger partial charge in [0.1, 0.15) is 13.2 Å². The molecule has 2 heterocycles. The van der Waals surface area contributed by atoms with Crippen LogP contribution in [0.3, 0.4) is 0 Å². The van der Waals surface area contributed by atoms with Gasteiger partial charge < -0.3 is 14.8 Å². The fraction of sp³-hybridized carbons (Fsp3) is 0.176. The molecule has 1 amide bonds. The zero-order valence-electron chi connectivity index (χ0n) is 13.8. The number of nitro benzene ring substituents is 1. The van der Waals surface area contributed by atoms with Crippen molar-refractivity contribution in [2.24, 2.45) is 0 Å². The summed E-state index contributed by atoms with van der Waals surface area (Å²) < 4.78 is 12.4. The summed E-state index contributed by atoms with van der Waals surface area (Å²) in [5, 5.41) is 13.7. The Labute approximate surface area is 161 Å². The number of amides is 1. The maximum atomic E-state index is 12.2. The van der Waals surface area contributed by atoms with Crippen molar-refractivity contribution in [3.05, 3.63) is 46.5 Å². The molecule has 1 aromatic heterocycles. The molecule has 1 aliphatic heterocycles. The molecule has 0 unspecified atom stereocenters. The largest absolute Gasteiger partial charge is 0.486 e. The average molecular weight is 403 g/mol. The molecule has 2 aromatic carbocycles. The van der Waals surface area contributed by atoms with E-state index >= 15 is 0 Å². The van der Waals surface area contributed by atoms with E-state index in [2.05, 4.69) is 10.3 Å². The van der Waals surface area contributed by atoms with E-state index in [1.165, 1.54) is 35.2 Å². The molecule has 1 aliphatic rings. The summed E-state index contributed by atoms with van der Waals surface area (Å²) in [6.07, 6.45) is 0. The molecular weight excluding hydrogens is 390 g/mol. The van der Waals surface area contributed by atoms with Gasteiger partial charge >= 0.3 is 0 Å². The number of thiazole rings is 1. The lowest BCUT2D eigenvalue weighted by Crippen LogP contribution is -2.17. The van der Waals surface area contributed by atoms with Crippen molar-refractivity contribution < 1.29 is 19.2 Å². The zero-order chi connectivity index (χ0) is 18.8. The third-order valence-corrected chi connectivity index (χ3v) is 5.88. The number of anilines is 1. The molecule has 0 radical (unpaired) electrons. The van der Waals surface area contributed by atoms with Crippen LogP contribution < -0.4 is 14.8 Å². The van der Waals surface area contributed by atoms with Crippen molar-refractivity contribution in [3.63, 3.8) is 0 Å². The number of carbonyl (C=O) groups excluding carboxylic acids is 1. The highest BCUT2D eigenvalue weighted by Crippen LogP contribution is 2.34. The molecule has 10 heteroatoms. The van der Waals surface area contributed by atoms with E-state index in [4.69, 9.17) is 9.47 Å². The first kappa shape index (κ1) is 17.6. The number of ether oxygens (including phenoxy) is 2. The summed E-state index contributed by atoms with van der Waals surface area (Å²) in [6.45, 7) is 0.997. The van der Waals surface area contributed by atoms with E-state index in [1.54, 1.807) is 24.3 Å². The molecule has 0 bridgehead atoms. The van der Waals surface area contributed by atoms with Crippen LogP contribution in [-0.2, 0) is 4.79 Å². The Balaban J connectivity index is 1.39. The minimum absolute atomic E-state index is 0.0269. The third-order valence-electron chi connectivity index (χ3n) is 3.72. The summed E-state index contributed by atoms with van der Waals surface area (Å²) >= 11 is 2.61. The molecular formula is C17H13N3O5S2. The molecule has 0 fully saturated rings. The number of nitrogens with one attached hydrogen (secondary N) is 1. The number of thioether (sulfide) groups is 1. The van der Waals surface area contributed by atoms with Crippen molar-refractivity contribution in [3.8, 4) is 11.5 Å². The minimum Gasteiger partial charge on any atom is -0.486 e. The van der Waals surface area contributed by atoms with Crippen LogP contribution in [0.1, 0.15) is 0 Å². The Bertz CT molecular complexity index is 1040. The van der Waals surface area contributed by atoms with E-state index in [0.29, 0.717) is 40.3 Å². The number of hydrogen-bond donors (Lipinski definition) is 1. The highest BCUT2D eigenvalue weighted by Gasteiger charge is 2.14. The van der Waals surface area contributed by atoms with Gasteiger partial charge in [-0.1, -0.05) is 11.8 Å². The fourth-order valence-electron chi connectivity index (χ4n) is 2.51. The number of non-ortho nitro benzene ring substituents is 1.